The average molecular weight is 414 g/mol. The molecule has 7 heteroatoms. The van der Waals surface area contributed by atoms with E-state index < -0.39 is 6.10 Å². The van der Waals surface area contributed by atoms with Gasteiger partial charge in [0, 0.05) is 12.4 Å². The van der Waals surface area contributed by atoms with Crippen LogP contribution in [-0.4, -0.2) is 43.2 Å². The number of benzene rings is 1. The van der Waals surface area contributed by atoms with Crippen molar-refractivity contribution >= 4 is 5.70 Å². The standard InChI is InChI=1S/C24H22N4O3/c1-17(19-11-5-7-13-25-19)28-22(23(30)21(27-28)20-12-6-8-14-26-20)24(31-16-15-29)18-9-3-2-4-10-18/h2-14,24,29-30H,1,15-16H2. The van der Waals surface area contributed by atoms with Gasteiger partial charge in [-0.3, -0.25) is 9.97 Å². The highest BCUT2D eigenvalue weighted by atomic mass is 16.5. The minimum atomic E-state index is -0.696. The van der Waals surface area contributed by atoms with Crippen LogP contribution in [0.25, 0.3) is 17.1 Å². The Labute approximate surface area is 179 Å². The van der Waals surface area contributed by atoms with Crippen molar-refractivity contribution in [3.63, 3.8) is 0 Å². The number of rotatable bonds is 8. The number of hydrogen-bond donors (Lipinski definition) is 2. The zero-order valence-corrected chi connectivity index (χ0v) is 16.8. The SMILES string of the molecule is C=C(c1ccccn1)n1nc(-c2ccccn2)c(O)c1C(OCCO)c1ccccc1. The highest BCUT2D eigenvalue weighted by Crippen LogP contribution is 2.40. The lowest BCUT2D eigenvalue weighted by atomic mass is 10.0. The van der Waals surface area contributed by atoms with Gasteiger partial charge in [-0.2, -0.15) is 5.10 Å². The number of pyridine rings is 2. The summed E-state index contributed by atoms with van der Waals surface area (Å²) in [5.41, 5.74) is 3.09. The van der Waals surface area contributed by atoms with Crippen LogP contribution in [0.5, 0.6) is 5.75 Å². The number of aliphatic hydroxyl groups excluding tert-OH is 1. The Morgan fingerprint density at radius 3 is 2.32 bits per heavy atom. The molecule has 0 radical (unpaired) electrons. The van der Waals surface area contributed by atoms with E-state index in [2.05, 4.69) is 21.6 Å². The zero-order valence-electron chi connectivity index (χ0n) is 16.8. The molecule has 3 heterocycles. The smallest absolute Gasteiger partial charge is 0.170 e. The van der Waals surface area contributed by atoms with Crippen molar-refractivity contribution in [1.82, 2.24) is 19.7 Å². The predicted molar refractivity (Wildman–Crippen MR) is 117 cm³/mol. The third-order valence-electron chi connectivity index (χ3n) is 4.75. The van der Waals surface area contributed by atoms with Crippen LogP contribution >= 0.6 is 0 Å². The molecule has 0 fully saturated rings. The van der Waals surface area contributed by atoms with E-state index in [0.717, 1.165) is 5.56 Å². The summed E-state index contributed by atoms with van der Waals surface area (Å²) < 4.78 is 7.51. The molecule has 0 bridgehead atoms. The molecule has 1 aromatic carbocycles. The minimum absolute atomic E-state index is 0.0671. The number of hydrogen-bond acceptors (Lipinski definition) is 6. The lowest BCUT2D eigenvalue weighted by molar-refractivity contribution is 0.0456. The van der Waals surface area contributed by atoms with Gasteiger partial charge in [-0.15, -0.1) is 0 Å². The molecule has 0 aliphatic heterocycles. The first-order valence-electron chi connectivity index (χ1n) is 9.82. The van der Waals surface area contributed by atoms with Gasteiger partial charge >= 0.3 is 0 Å². The first-order chi connectivity index (χ1) is 15.2. The third-order valence-corrected chi connectivity index (χ3v) is 4.75. The Balaban J connectivity index is 1.92. The molecule has 156 valence electrons. The van der Waals surface area contributed by atoms with E-state index in [9.17, 15) is 10.2 Å². The largest absolute Gasteiger partial charge is 0.504 e. The van der Waals surface area contributed by atoms with Gasteiger partial charge in [0.15, 0.2) is 11.4 Å². The predicted octanol–water partition coefficient (Wildman–Crippen LogP) is 3.66. The molecule has 4 rings (SSSR count). The zero-order chi connectivity index (χ0) is 21.6. The highest BCUT2D eigenvalue weighted by molar-refractivity contribution is 5.69. The van der Waals surface area contributed by atoms with Gasteiger partial charge in [0.05, 0.1) is 30.3 Å². The fourth-order valence-corrected chi connectivity index (χ4v) is 3.31. The Kier molecular flexibility index (Phi) is 6.16. The molecule has 0 spiro atoms. The van der Waals surface area contributed by atoms with Crippen molar-refractivity contribution in [1.29, 1.82) is 0 Å². The second-order valence-electron chi connectivity index (χ2n) is 6.76. The van der Waals surface area contributed by atoms with Crippen molar-refractivity contribution in [2.75, 3.05) is 13.2 Å². The third kappa shape index (κ3) is 4.23. The monoisotopic (exact) mass is 414 g/mol. The summed E-state index contributed by atoms with van der Waals surface area (Å²) in [7, 11) is 0. The van der Waals surface area contributed by atoms with Gasteiger partial charge < -0.3 is 14.9 Å². The summed E-state index contributed by atoms with van der Waals surface area (Å²) in [6.07, 6.45) is 2.61. The molecule has 0 aliphatic rings. The van der Waals surface area contributed by atoms with Crippen molar-refractivity contribution < 1.29 is 14.9 Å². The van der Waals surface area contributed by atoms with Gasteiger partial charge in [-0.25, -0.2) is 4.68 Å². The Bertz CT molecular complexity index is 1150. The lowest BCUT2D eigenvalue weighted by Gasteiger charge is -2.20. The Morgan fingerprint density at radius 1 is 0.968 bits per heavy atom. The summed E-state index contributed by atoms with van der Waals surface area (Å²) in [6, 6.07) is 20.3. The van der Waals surface area contributed by atoms with Gasteiger partial charge in [0.2, 0.25) is 0 Å². The molecule has 31 heavy (non-hydrogen) atoms. The molecular weight excluding hydrogens is 392 g/mol. The van der Waals surface area contributed by atoms with Gasteiger partial charge in [0.25, 0.3) is 0 Å². The summed E-state index contributed by atoms with van der Waals surface area (Å²) in [6.45, 7) is 4.08. The number of aromatic hydroxyl groups is 1. The molecule has 1 unspecified atom stereocenters. The lowest BCUT2D eigenvalue weighted by Crippen LogP contribution is -2.15. The molecule has 0 aliphatic carbocycles. The van der Waals surface area contributed by atoms with Crippen molar-refractivity contribution in [3.8, 4) is 17.1 Å². The summed E-state index contributed by atoms with van der Waals surface area (Å²) in [5.74, 6) is -0.0671. The van der Waals surface area contributed by atoms with Crippen molar-refractivity contribution in [2.24, 2.45) is 0 Å². The van der Waals surface area contributed by atoms with Crippen LogP contribution in [0.3, 0.4) is 0 Å². The molecule has 0 amide bonds. The van der Waals surface area contributed by atoms with E-state index in [1.807, 2.05) is 54.6 Å². The van der Waals surface area contributed by atoms with Crippen LogP contribution in [0.1, 0.15) is 23.1 Å². The number of nitrogens with zero attached hydrogens (tertiary/aromatic N) is 4. The van der Waals surface area contributed by atoms with E-state index >= 15 is 0 Å². The average Bonchev–Trinajstić information content (AvgIpc) is 3.17. The molecule has 0 saturated carbocycles. The van der Waals surface area contributed by atoms with E-state index in [-0.39, 0.29) is 19.0 Å². The fourth-order valence-electron chi connectivity index (χ4n) is 3.31. The molecule has 7 nitrogen and oxygen atoms in total. The van der Waals surface area contributed by atoms with E-state index in [1.165, 1.54) is 4.68 Å². The quantitative estimate of drug-likeness (QED) is 0.457. The van der Waals surface area contributed by atoms with Gasteiger partial charge in [0.1, 0.15) is 11.8 Å². The topological polar surface area (TPSA) is 93.3 Å². The van der Waals surface area contributed by atoms with Crippen LogP contribution in [0, 0.1) is 0 Å². The Hall–Kier alpha value is -3.81. The molecule has 2 N–H and O–H groups in total. The molecule has 4 aromatic rings. The molecule has 1 atom stereocenters. The summed E-state index contributed by atoms with van der Waals surface area (Å²) in [4.78, 5) is 8.69. The molecule has 0 saturated heterocycles. The van der Waals surface area contributed by atoms with Crippen LogP contribution in [-0.2, 0) is 4.74 Å². The van der Waals surface area contributed by atoms with E-state index in [4.69, 9.17) is 4.74 Å². The first kappa shape index (κ1) is 20.5. The number of aliphatic hydroxyl groups is 1. The minimum Gasteiger partial charge on any atom is -0.504 e. The number of ether oxygens (including phenoxy) is 1. The van der Waals surface area contributed by atoms with Crippen LogP contribution < -0.4 is 0 Å². The summed E-state index contributed by atoms with van der Waals surface area (Å²) in [5, 5.41) is 25.3. The molecular formula is C24H22N4O3. The maximum atomic E-state index is 11.3. The van der Waals surface area contributed by atoms with Crippen molar-refractivity contribution in [3.05, 3.63) is 103 Å². The van der Waals surface area contributed by atoms with Crippen LogP contribution in [0.2, 0.25) is 0 Å². The number of aromatic nitrogens is 4. The van der Waals surface area contributed by atoms with Crippen LogP contribution in [0.15, 0.2) is 85.7 Å². The maximum Gasteiger partial charge on any atom is 0.170 e. The van der Waals surface area contributed by atoms with Crippen molar-refractivity contribution in [2.45, 2.75) is 6.10 Å². The van der Waals surface area contributed by atoms with Gasteiger partial charge in [-0.05, 0) is 29.8 Å². The summed E-state index contributed by atoms with van der Waals surface area (Å²) >= 11 is 0. The highest BCUT2D eigenvalue weighted by Gasteiger charge is 2.29. The first-order valence-corrected chi connectivity index (χ1v) is 9.82. The fraction of sp³-hybridized carbons (Fsp3) is 0.125. The van der Waals surface area contributed by atoms with Gasteiger partial charge in [-0.1, -0.05) is 49.0 Å². The maximum absolute atomic E-state index is 11.3. The molecule has 3 aromatic heterocycles. The van der Waals surface area contributed by atoms with E-state index in [0.29, 0.717) is 28.5 Å². The van der Waals surface area contributed by atoms with E-state index in [1.54, 1.807) is 24.5 Å². The van der Waals surface area contributed by atoms with Crippen LogP contribution in [0.4, 0.5) is 0 Å². The normalized spacial score (nSPS) is 11.9. The second-order valence-corrected chi connectivity index (χ2v) is 6.76. The Morgan fingerprint density at radius 2 is 1.68 bits per heavy atom. The second kappa shape index (κ2) is 9.34.